The number of hydrogen-bond acceptors (Lipinski definition) is 3. The summed E-state index contributed by atoms with van der Waals surface area (Å²) in [5.74, 6) is 1.34. The van der Waals surface area contributed by atoms with E-state index in [0.717, 1.165) is 17.7 Å². The fraction of sp³-hybridized carbons (Fsp3) is 0.688. The van der Waals surface area contributed by atoms with Crippen molar-refractivity contribution < 1.29 is 4.74 Å². The Morgan fingerprint density at radius 1 is 1.26 bits per heavy atom. The van der Waals surface area contributed by atoms with Gasteiger partial charge in [0.15, 0.2) is 0 Å². The molecule has 0 bridgehead atoms. The van der Waals surface area contributed by atoms with Crippen LogP contribution in [-0.2, 0) is 0 Å². The molecular weight excluding hydrogens is 236 g/mol. The quantitative estimate of drug-likeness (QED) is 0.769. The Hall–Kier alpha value is -1.09. The number of ether oxygens (including phenoxy) is 1. The van der Waals surface area contributed by atoms with Gasteiger partial charge in [-0.05, 0) is 37.8 Å². The van der Waals surface area contributed by atoms with Crippen LogP contribution in [0, 0.1) is 5.92 Å². The fourth-order valence-corrected chi connectivity index (χ4v) is 2.33. The Morgan fingerprint density at radius 2 is 2.00 bits per heavy atom. The maximum atomic E-state index is 6.39. The van der Waals surface area contributed by atoms with E-state index in [0.29, 0.717) is 5.92 Å². The third kappa shape index (κ3) is 5.19. The van der Waals surface area contributed by atoms with Gasteiger partial charge in [-0.15, -0.1) is 0 Å². The summed E-state index contributed by atoms with van der Waals surface area (Å²) in [7, 11) is 0. The van der Waals surface area contributed by atoms with E-state index in [1.165, 1.54) is 19.3 Å². The SMILES string of the molecule is CCCCC(CC)C(N)c1cncc(OC(C)C)c1. The first-order valence-electron chi connectivity index (χ1n) is 7.45. The molecule has 0 aliphatic carbocycles. The molecule has 2 atom stereocenters. The van der Waals surface area contributed by atoms with Gasteiger partial charge < -0.3 is 10.5 Å². The molecule has 1 heterocycles. The molecule has 0 amide bonds. The third-order valence-corrected chi connectivity index (χ3v) is 3.45. The molecule has 0 aromatic carbocycles. The smallest absolute Gasteiger partial charge is 0.138 e. The molecule has 3 heteroatoms. The molecular formula is C16H28N2O. The molecule has 3 nitrogen and oxygen atoms in total. The number of unbranched alkanes of at least 4 members (excludes halogenated alkanes) is 1. The lowest BCUT2D eigenvalue weighted by Crippen LogP contribution is -2.21. The van der Waals surface area contributed by atoms with E-state index in [9.17, 15) is 0 Å². The Labute approximate surface area is 117 Å². The number of aromatic nitrogens is 1. The van der Waals surface area contributed by atoms with Gasteiger partial charge in [-0.25, -0.2) is 0 Å². The standard InChI is InChI=1S/C16H28N2O/c1-5-7-8-13(6-2)16(17)14-9-15(11-18-10-14)19-12(3)4/h9-13,16H,5-8,17H2,1-4H3. The second kappa shape index (κ2) is 8.16. The van der Waals surface area contributed by atoms with Gasteiger partial charge in [0.05, 0.1) is 12.3 Å². The normalized spacial score (nSPS) is 14.4. The van der Waals surface area contributed by atoms with Crippen LogP contribution < -0.4 is 10.5 Å². The second-order valence-corrected chi connectivity index (χ2v) is 5.46. The molecule has 108 valence electrons. The molecule has 1 aromatic heterocycles. The molecule has 2 unspecified atom stereocenters. The minimum Gasteiger partial charge on any atom is -0.489 e. The first kappa shape index (κ1) is 16.0. The van der Waals surface area contributed by atoms with Crippen LogP contribution in [0.3, 0.4) is 0 Å². The maximum Gasteiger partial charge on any atom is 0.138 e. The van der Waals surface area contributed by atoms with Crippen LogP contribution in [-0.4, -0.2) is 11.1 Å². The molecule has 0 saturated carbocycles. The first-order valence-corrected chi connectivity index (χ1v) is 7.45. The summed E-state index contributed by atoms with van der Waals surface area (Å²) >= 11 is 0. The Morgan fingerprint density at radius 3 is 2.58 bits per heavy atom. The highest BCUT2D eigenvalue weighted by Gasteiger charge is 2.18. The second-order valence-electron chi connectivity index (χ2n) is 5.46. The van der Waals surface area contributed by atoms with Crippen LogP contribution in [0.25, 0.3) is 0 Å². The summed E-state index contributed by atoms with van der Waals surface area (Å²) in [6, 6.07) is 2.09. The zero-order valence-corrected chi connectivity index (χ0v) is 12.7. The summed E-state index contributed by atoms with van der Waals surface area (Å²) in [4.78, 5) is 4.25. The minimum absolute atomic E-state index is 0.0553. The lowest BCUT2D eigenvalue weighted by atomic mass is 9.88. The van der Waals surface area contributed by atoms with Gasteiger partial charge in [0.1, 0.15) is 5.75 Å². The number of rotatable bonds is 8. The van der Waals surface area contributed by atoms with Crippen molar-refractivity contribution in [3.05, 3.63) is 24.0 Å². The van der Waals surface area contributed by atoms with Crippen molar-refractivity contribution in [3.8, 4) is 5.75 Å². The topological polar surface area (TPSA) is 48.1 Å². The van der Waals surface area contributed by atoms with Crippen LogP contribution in [0.5, 0.6) is 5.75 Å². The zero-order chi connectivity index (χ0) is 14.3. The molecule has 1 aromatic rings. The van der Waals surface area contributed by atoms with Crippen molar-refractivity contribution in [2.24, 2.45) is 11.7 Å². The van der Waals surface area contributed by atoms with Crippen molar-refractivity contribution in [1.29, 1.82) is 0 Å². The van der Waals surface area contributed by atoms with Crippen molar-refractivity contribution in [2.45, 2.75) is 65.5 Å². The van der Waals surface area contributed by atoms with Gasteiger partial charge >= 0.3 is 0 Å². The van der Waals surface area contributed by atoms with Crippen molar-refractivity contribution >= 4 is 0 Å². The highest BCUT2D eigenvalue weighted by Crippen LogP contribution is 2.28. The number of pyridine rings is 1. The molecule has 0 spiro atoms. The predicted octanol–water partition coefficient (Wildman–Crippen LogP) is 4.09. The van der Waals surface area contributed by atoms with Crippen LogP contribution in [0.4, 0.5) is 0 Å². The molecule has 0 radical (unpaired) electrons. The molecule has 0 saturated heterocycles. The zero-order valence-electron chi connectivity index (χ0n) is 12.7. The predicted molar refractivity (Wildman–Crippen MR) is 80.2 cm³/mol. The average molecular weight is 264 g/mol. The van der Waals surface area contributed by atoms with Crippen molar-refractivity contribution in [3.63, 3.8) is 0 Å². The van der Waals surface area contributed by atoms with E-state index in [1.807, 2.05) is 26.1 Å². The Bertz CT molecular complexity index is 366. The average Bonchev–Trinajstić information content (AvgIpc) is 2.39. The first-order chi connectivity index (χ1) is 9.08. The lowest BCUT2D eigenvalue weighted by molar-refractivity contribution is 0.240. The van der Waals surface area contributed by atoms with Crippen LogP contribution in [0.2, 0.25) is 0 Å². The highest BCUT2D eigenvalue weighted by molar-refractivity contribution is 5.26. The minimum atomic E-state index is 0.0553. The summed E-state index contributed by atoms with van der Waals surface area (Å²) in [6.45, 7) is 8.46. The molecule has 0 aliphatic rings. The molecule has 0 fully saturated rings. The summed E-state index contributed by atoms with van der Waals surface area (Å²) < 4.78 is 5.68. The molecule has 1 rings (SSSR count). The van der Waals surface area contributed by atoms with E-state index < -0.39 is 0 Å². The largest absolute Gasteiger partial charge is 0.489 e. The van der Waals surface area contributed by atoms with Crippen LogP contribution in [0.15, 0.2) is 18.5 Å². The van der Waals surface area contributed by atoms with E-state index >= 15 is 0 Å². The van der Waals surface area contributed by atoms with E-state index in [1.54, 1.807) is 6.20 Å². The third-order valence-electron chi connectivity index (χ3n) is 3.45. The lowest BCUT2D eigenvalue weighted by Gasteiger charge is -2.23. The molecule has 19 heavy (non-hydrogen) atoms. The van der Waals surface area contributed by atoms with Gasteiger partial charge in [0, 0.05) is 12.2 Å². The van der Waals surface area contributed by atoms with Crippen molar-refractivity contribution in [2.75, 3.05) is 0 Å². The molecule has 0 aliphatic heterocycles. The van der Waals surface area contributed by atoms with Gasteiger partial charge in [-0.2, -0.15) is 0 Å². The monoisotopic (exact) mass is 264 g/mol. The van der Waals surface area contributed by atoms with Crippen LogP contribution in [0.1, 0.15) is 65.0 Å². The molecule has 2 N–H and O–H groups in total. The summed E-state index contributed by atoms with van der Waals surface area (Å²) in [5, 5.41) is 0. The fourth-order valence-electron chi connectivity index (χ4n) is 2.33. The maximum absolute atomic E-state index is 6.39. The van der Waals surface area contributed by atoms with E-state index in [4.69, 9.17) is 10.5 Å². The van der Waals surface area contributed by atoms with Gasteiger partial charge in [0.25, 0.3) is 0 Å². The van der Waals surface area contributed by atoms with E-state index in [-0.39, 0.29) is 12.1 Å². The number of nitrogens with two attached hydrogens (primary N) is 1. The Balaban J connectivity index is 2.76. The Kier molecular flexibility index (Phi) is 6.85. The van der Waals surface area contributed by atoms with Gasteiger partial charge in [-0.3, -0.25) is 4.98 Å². The van der Waals surface area contributed by atoms with Gasteiger partial charge in [0.2, 0.25) is 0 Å². The number of hydrogen-bond donors (Lipinski definition) is 1. The summed E-state index contributed by atoms with van der Waals surface area (Å²) in [5.41, 5.74) is 7.48. The van der Waals surface area contributed by atoms with E-state index in [2.05, 4.69) is 18.8 Å². The van der Waals surface area contributed by atoms with Crippen molar-refractivity contribution in [1.82, 2.24) is 4.98 Å². The highest BCUT2D eigenvalue weighted by atomic mass is 16.5. The number of nitrogens with zero attached hydrogens (tertiary/aromatic N) is 1. The summed E-state index contributed by atoms with van der Waals surface area (Å²) in [6.07, 6.45) is 8.53. The van der Waals surface area contributed by atoms with Crippen LogP contribution >= 0.6 is 0 Å². The van der Waals surface area contributed by atoms with Gasteiger partial charge in [-0.1, -0.05) is 33.1 Å².